The fraction of sp³-hybridized carbons (Fsp3) is 0.300. The maximum Gasteiger partial charge on any atom is 0.176 e. The van der Waals surface area contributed by atoms with Crippen LogP contribution in [0, 0.1) is 13.8 Å². The zero-order chi connectivity index (χ0) is 16.7. The van der Waals surface area contributed by atoms with Crippen molar-refractivity contribution in [2.75, 3.05) is 11.4 Å². The van der Waals surface area contributed by atoms with Gasteiger partial charge in [-0.1, -0.05) is 30.3 Å². The summed E-state index contributed by atoms with van der Waals surface area (Å²) in [7, 11) is 0. The molecule has 0 bridgehead atoms. The number of fused-ring (bicyclic) bond motifs is 2. The van der Waals surface area contributed by atoms with Crippen molar-refractivity contribution in [3.63, 3.8) is 0 Å². The van der Waals surface area contributed by atoms with E-state index in [1.807, 2.05) is 12.3 Å². The maximum absolute atomic E-state index is 4.52. The van der Waals surface area contributed by atoms with Crippen LogP contribution in [0.1, 0.15) is 22.4 Å². The number of halogens is 1. The maximum atomic E-state index is 4.52. The number of hydrogen-bond donors (Lipinski definition) is 0. The van der Waals surface area contributed by atoms with Gasteiger partial charge in [-0.25, -0.2) is 0 Å². The summed E-state index contributed by atoms with van der Waals surface area (Å²) in [6, 6.07) is 8.68. The van der Waals surface area contributed by atoms with Crippen LogP contribution in [0.3, 0.4) is 0 Å². The lowest BCUT2D eigenvalue weighted by Gasteiger charge is -2.30. The summed E-state index contributed by atoms with van der Waals surface area (Å²) >= 11 is 0. The molecule has 2 aromatic heterocycles. The second-order valence-electron chi connectivity index (χ2n) is 6.48. The van der Waals surface area contributed by atoms with Crippen molar-refractivity contribution in [1.82, 2.24) is 14.8 Å². The Morgan fingerprint density at radius 1 is 1.20 bits per heavy atom. The van der Waals surface area contributed by atoms with Crippen molar-refractivity contribution in [2.24, 2.45) is 0 Å². The first-order chi connectivity index (χ1) is 11.7. The molecule has 1 aromatic carbocycles. The van der Waals surface area contributed by atoms with Crippen molar-refractivity contribution < 1.29 is 0 Å². The van der Waals surface area contributed by atoms with Crippen LogP contribution in [0.25, 0.3) is 10.9 Å². The third kappa shape index (κ3) is 2.81. The molecule has 3 aromatic rings. The van der Waals surface area contributed by atoms with Gasteiger partial charge >= 0.3 is 0 Å². The molecule has 0 unspecified atom stereocenters. The van der Waals surface area contributed by atoms with Crippen LogP contribution in [0.2, 0.25) is 0 Å². The van der Waals surface area contributed by atoms with E-state index < -0.39 is 0 Å². The highest BCUT2D eigenvalue weighted by atomic mass is 35.5. The molecule has 1 aliphatic heterocycles. The lowest BCUT2D eigenvalue weighted by atomic mass is 10.00. The normalized spacial score (nSPS) is 13.4. The van der Waals surface area contributed by atoms with Crippen LogP contribution in [0.4, 0.5) is 5.82 Å². The SMILES string of the molecule is C=CCn1c(C)c(C)c2cnnc(N3CCc4ccccc4C3)c21.Cl. The molecule has 0 saturated carbocycles. The number of hydrogen-bond acceptors (Lipinski definition) is 3. The van der Waals surface area contributed by atoms with Gasteiger partial charge in [0.1, 0.15) is 0 Å². The van der Waals surface area contributed by atoms with Crippen LogP contribution >= 0.6 is 12.4 Å². The van der Waals surface area contributed by atoms with E-state index in [0.29, 0.717) is 0 Å². The Balaban J connectivity index is 0.00000182. The Bertz CT molecular complexity index is 929. The van der Waals surface area contributed by atoms with Crippen molar-refractivity contribution >= 4 is 29.1 Å². The summed E-state index contributed by atoms with van der Waals surface area (Å²) in [5, 5.41) is 10.0. The number of nitrogens with zero attached hydrogens (tertiary/aromatic N) is 4. The molecule has 0 saturated heterocycles. The van der Waals surface area contributed by atoms with Gasteiger partial charge in [-0.2, -0.15) is 5.10 Å². The average Bonchev–Trinajstić information content (AvgIpc) is 2.87. The van der Waals surface area contributed by atoms with Gasteiger partial charge < -0.3 is 9.47 Å². The molecule has 0 aliphatic carbocycles. The summed E-state index contributed by atoms with van der Waals surface area (Å²) in [6.07, 6.45) is 4.88. The Hall–Kier alpha value is -2.33. The molecule has 3 heterocycles. The molecular formula is C20H23ClN4. The third-order valence-electron chi connectivity index (χ3n) is 5.17. The van der Waals surface area contributed by atoms with Crippen LogP contribution in [-0.4, -0.2) is 21.3 Å². The number of aryl methyl sites for hydroxylation is 1. The summed E-state index contributed by atoms with van der Waals surface area (Å²) in [6.45, 7) is 10.9. The minimum absolute atomic E-state index is 0. The van der Waals surface area contributed by atoms with Crippen molar-refractivity contribution in [1.29, 1.82) is 0 Å². The second kappa shape index (κ2) is 6.89. The molecule has 1 aliphatic rings. The summed E-state index contributed by atoms with van der Waals surface area (Å²) in [5.41, 5.74) is 6.55. The third-order valence-corrected chi connectivity index (χ3v) is 5.17. The molecule has 130 valence electrons. The van der Waals surface area contributed by atoms with E-state index in [2.05, 4.69) is 64.4 Å². The summed E-state index contributed by atoms with van der Waals surface area (Å²) in [4.78, 5) is 2.36. The summed E-state index contributed by atoms with van der Waals surface area (Å²) < 4.78 is 2.31. The minimum Gasteiger partial charge on any atom is -0.349 e. The number of anilines is 1. The van der Waals surface area contributed by atoms with Gasteiger partial charge in [0, 0.05) is 30.7 Å². The standard InChI is InChI=1S/C20H22N4.ClH/c1-4-10-24-15(3)14(2)18-12-21-22-20(19(18)24)23-11-9-16-7-5-6-8-17(16)13-23;/h4-8,12H,1,9-11,13H2,2-3H3;1H. The number of allylic oxidation sites excluding steroid dienone is 1. The fourth-order valence-corrected chi connectivity index (χ4v) is 3.72. The smallest absolute Gasteiger partial charge is 0.176 e. The highest BCUT2D eigenvalue weighted by Crippen LogP contribution is 2.33. The lowest BCUT2D eigenvalue weighted by molar-refractivity contribution is 0.711. The molecule has 0 amide bonds. The molecule has 0 N–H and O–H groups in total. The van der Waals surface area contributed by atoms with E-state index in [9.17, 15) is 0 Å². The van der Waals surface area contributed by atoms with Crippen LogP contribution < -0.4 is 4.90 Å². The van der Waals surface area contributed by atoms with Crippen LogP contribution in [-0.2, 0) is 19.5 Å². The van der Waals surface area contributed by atoms with E-state index >= 15 is 0 Å². The molecule has 0 spiro atoms. The van der Waals surface area contributed by atoms with Crippen molar-refractivity contribution in [2.45, 2.75) is 33.4 Å². The number of rotatable bonds is 3. The van der Waals surface area contributed by atoms with E-state index in [0.717, 1.165) is 31.9 Å². The molecule has 0 fully saturated rings. The van der Waals surface area contributed by atoms with Crippen molar-refractivity contribution in [3.05, 3.63) is 65.5 Å². The van der Waals surface area contributed by atoms with Gasteiger partial charge in [0.05, 0.1) is 11.7 Å². The van der Waals surface area contributed by atoms with E-state index in [1.165, 1.54) is 33.3 Å². The second-order valence-corrected chi connectivity index (χ2v) is 6.48. The monoisotopic (exact) mass is 354 g/mol. The van der Waals surface area contributed by atoms with Gasteiger partial charge in [-0.15, -0.1) is 24.1 Å². The molecule has 25 heavy (non-hydrogen) atoms. The van der Waals surface area contributed by atoms with Gasteiger partial charge in [-0.05, 0) is 37.0 Å². The van der Waals surface area contributed by atoms with E-state index in [-0.39, 0.29) is 12.4 Å². The lowest BCUT2D eigenvalue weighted by Crippen LogP contribution is -2.31. The fourth-order valence-electron chi connectivity index (χ4n) is 3.72. The van der Waals surface area contributed by atoms with Gasteiger partial charge in [-0.3, -0.25) is 0 Å². The first-order valence-electron chi connectivity index (χ1n) is 8.44. The molecule has 5 heteroatoms. The largest absolute Gasteiger partial charge is 0.349 e. The highest BCUT2D eigenvalue weighted by molar-refractivity contribution is 5.93. The van der Waals surface area contributed by atoms with Crippen LogP contribution in [0.15, 0.2) is 43.1 Å². The predicted molar refractivity (Wildman–Crippen MR) is 106 cm³/mol. The minimum atomic E-state index is 0. The molecule has 4 nitrogen and oxygen atoms in total. The Morgan fingerprint density at radius 2 is 1.96 bits per heavy atom. The Morgan fingerprint density at radius 3 is 2.72 bits per heavy atom. The zero-order valence-electron chi connectivity index (χ0n) is 14.7. The molecule has 0 atom stereocenters. The predicted octanol–water partition coefficient (Wildman–Crippen LogP) is 4.22. The molecule has 0 radical (unpaired) electrons. The van der Waals surface area contributed by atoms with Gasteiger partial charge in [0.15, 0.2) is 5.82 Å². The quantitative estimate of drug-likeness (QED) is 0.660. The van der Waals surface area contributed by atoms with Crippen LogP contribution in [0.5, 0.6) is 0 Å². The molecule has 4 rings (SSSR count). The zero-order valence-corrected chi connectivity index (χ0v) is 15.5. The van der Waals surface area contributed by atoms with Crippen molar-refractivity contribution in [3.8, 4) is 0 Å². The van der Waals surface area contributed by atoms with Gasteiger partial charge in [0.25, 0.3) is 0 Å². The number of benzene rings is 1. The Kier molecular flexibility index (Phi) is 4.82. The average molecular weight is 355 g/mol. The topological polar surface area (TPSA) is 34.0 Å². The summed E-state index contributed by atoms with van der Waals surface area (Å²) in [5.74, 6) is 0.986. The first kappa shape index (κ1) is 17.5. The number of aromatic nitrogens is 3. The highest BCUT2D eigenvalue weighted by Gasteiger charge is 2.22. The van der Waals surface area contributed by atoms with E-state index in [4.69, 9.17) is 0 Å². The Labute approximate surface area is 154 Å². The van der Waals surface area contributed by atoms with Gasteiger partial charge in [0.2, 0.25) is 0 Å². The first-order valence-corrected chi connectivity index (χ1v) is 8.44. The van der Waals surface area contributed by atoms with E-state index in [1.54, 1.807) is 0 Å². The molecular weight excluding hydrogens is 332 g/mol.